The second kappa shape index (κ2) is 2.76. The number of methoxy groups -OCH3 is 1. The number of rotatable bonds is 1. The van der Waals surface area contributed by atoms with E-state index in [2.05, 4.69) is 10.3 Å². The van der Waals surface area contributed by atoms with Gasteiger partial charge in [0.1, 0.15) is 5.75 Å². The predicted molar refractivity (Wildman–Crippen MR) is 57.2 cm³/mol. The number of amides is 1. The third-order valence-corrected chi connectivity index (χ3v) is 2.73. The zero-order valence-corrected chi connectivity index (χ0v) is 8.26. The SMILES string of the molecule is COc1ccc2[nH]cc3c2c1NC(=O)C3. The van der Waals surface area contributed by atoms with Crippen molar-refractivity contribution in [3.63, 3.8) is 0 Å². The molecule has 0 radical (unpaired) electrons. The van der Waals surface area contributed by atoms with Crippen LogP contribution in [-0.4, -0.2) is 18.0 Å². The molecule has 0 saturated heterocycles. The maximum absolute atomic E-state index is 11.5. The summed E-state index contributed by atoms with van der Waals surface area (Å²) in [5, 5.41) is 3.91. The highest BCUT2D eigenvalue weighted by molar-refractivity contribution is 6.10. The van der Waals surface area contributed by atoms with Crippen molar-refractivity contribution in [2.45, 2.75) is 6.42 Å². The monoisotopic (exact) mass is 202 g/mol. The number of benzene rings is 1. The first kappa shape index (κ1) is 8.35. The lowest BCUT2D eigenvalue weighted by Crippen LogP contribution is -2.18. The first-order valence-corrected chi connectivity index (χ1v) is 4.76. The van der Waals surface area contributed by atoms with E-state index in [0.29, 0.717) is 12.2 Å². The normalized spacial score (nSPS) is 14.1. The maximum atomic E-state index is 11.5. The van der Waals surface area contributed by atoms with Crippen molar-refractivity contribution in [3.8, 4) is 5.75 Å². The molecule has 0 spiro atoms. The highest BCUT2D eigenvalue weighted by Gasteiger charge is 2.21. The fraction of sp³-hybridized carbons (Fsp3) is 0.182. The van der Waals surface area contributed by atoms with Gasteiger partial charge in [-0.2, -0.15) is 0 Å². The van der Waals surface area contributed by atoms with Crippen LogP contribution in [0.5, 0.6) is 5.75 Å². The number of hydrogen-bond acceptors (Lipinski definition) is 2. The largest absolute Gasteiger partial charge is 0.495 e. The van der Waals surface area contributed by atoms with Gasteiger partial charge < -0.3 is 15.0 Å². The molecule has 0 saturated carbocycles. The second-order valence-electron chi connectivity index (χ2n) is 3.60. The van der Waals surface area contributed by atoms with Crippen LogP contribution in [0.2, 0.25) is 0 Å². The molecular weight excluding hydrogens is 192 g/mol. The molecule has 1 amide bonds. The van der Waals surface area contributed by atoms with Gasteiger partial charge in [-0.25, -0.2) is 0 Å². The molecule has 2 N–H and O–H groups in total. The minimum atomic E-state index is 0.00731. The van der Waals surface area contributed by atoms with Gasteiger partial charge >= 0.3 is 0 Å². The quantitative estimate of drug-likeness (QED) is 0.739. The van der Waals surface area contributed by atoms with Gasteiger partial charge in [-0.15, -0.1) is 0 Å². The van der Waals surface area contributed by atoms with Crippen LogP contribution in [-0.2, 0) is 11.2 Å². The molecule has 0 atom stereocenters. The van der Waals surface area contributed by atoms with Crippen LogP contribution in [0, 0.1) is 0 Å². The highest BCUT2D eigenvalue weighted by Crippen LogP contribution is 2.37. The topological polar surface area (TPSA) is 54.1 Å². The number of ether oxygens (including phenoxy) is 1. The maximum Gasteiger partial charge on any atom is 0.228 e. The Labute approximate surface area is 86.2 Å². The van der Waals surface area contributed by atoms with Crippen molar-refractivity contribution in [2.75, 3.05) is 12.4 Å². The van der Waals surface area contributed by atoms with E-state index >= 15 is 0 Å². The zero-order valence-electron chi connectivity index (χ0n) is 8.26. The number of nitrogens with one attached hydrogen (secondary N) is 2. The van der Waals surface area contributed by atoms with Gasteiger partial charge in [-0.05, 0) is 17.7 Å². The average Bonchev–Trinajstić information content (AvgIpc) is 2.63. The van der Waals surface area contributed by atoms with E-state index in [-0.39, 0.29) is 5.91 Å². The number of H-pyrrole nitrogens is 1. The molecule has 1 aliphatic heterocycles. The van der Waals surface area contributed by atoms with Crippen LogP contribution >= 0.6 is 0 Å². The fourth-order valence-corrected chi connectivity index (χ4v) is 2.06. The lowest BCUT2D eigenvalue weighted by Gasteiger charge is -2.16. The molecule has 2 aromatic rings. The van der Waals surface area contributed by atoms with Crippen molar-refractivity contribution in [1.82, 2.24) is 4.98 Å². The summed E-state index contributed by atoms with van der Waals surface area (Å²) < 4.78 is 5.22. The van der Waals surface area contributed by atoms with E-state index < -0.39 is 0 Å². The van der Waals surface area contributed by atoms with E-state index in [9.17, 15) is 4.79 Å². The average molecular weight is 202 g/mol. The summed E-state index contributed by atoms with van der Waals surface area (Å²) in [6.07, 6.45) is 2.31. The summed E-state index contributed by atoms with van der Waals surface area (Å²) in [4.78, 5) is 14.6. The Bertz CT molecular complexity index is 557. The number of aromatic amines is 1. The summed E-state index contributed by atoms with van der Waals surface area (Å²) >= 11 is 0. The Morgan fingerprint density at radius 3 is 3.07 bits per heavy atom. The van der Waals surface area contributed by atoms with Gasteiger partial charge in [0, 0.05) is 17.1 Å². The Hall–Kier alpha value is -1.97. The van der Waals surface area contributed by atoms with Crippen LogP contribution in [0.1, 0.15) is 5.56 Å². The Morgan fingerprint density at radius 2 is 2.27 bits per heavy atom. The van der Waals surface area contributed by atoms with E-state index in [0.717, 1.165) is 22.2 Å². The summed E-state index contributed by atoms with van der Waals surface area (Å²) in [5.74, 6) is 0.712. The summed E-state index contributed by atoms with van der Waals surface area (Å²) in [6, 6.07) is 3.81. The lowest BCUT2D eigenvalue weighted by molar-refractivity contribution is -0.115. The van der Waals surface area contributed by atoms with Gasteiger partial charge in [-0.3, -0.25) is 4.79 Å². The molecule has 2 heterocycles. The Morgan fingerprint density at radius 1 is 1.40 bits per heavy atom. The van der Waals surface area contributed by atoms with Gasteiger partial charge in [-0.1, -0.05) is 0 Å². The zero-order chi connectivity index (χ0) is 10.4. The first-order chi connectivity index (χ1) is 7.29. The molecule has 4 nitrogen and oxygen atoms in total. The Balaban J connectivity index is 2.40. The fourth-order valence-electron chi connectivity index (χ4n) is 2.06. The molecule has 3 rings (SSSR count). The van der Waals surface area contributed by atoms with E-state index in [4.69, 9.17) is 4.74 Å². The molecule has 15 heavy (non-hydrogen) atoms. The molecule has 0 bridgehead atoms. The van der Waals surface area contributed by atoms with Crippen molar-refractivity contribution < 1.29 is 9.53 Å². The number of aromatic nitrogens is 1. The molecule has 1 aromatic heterocycles. The molecule has 76 valence electrons. The van der Waals surface area contributed by atoms with Gasteiger partial charge in [0.2, 0.25) is 5.91 Å². The van der Waals surface area contributed by atoms with Crippen molar-refractivity contribution in [2.24, 2.45) is 0 Å². The number of carbonyl (C=O) groups is 1. The number of hydrogen-bond donors (Lipinski definition) is 2. The summed E-state index contributed by atoms with van der Waals surface area (Å²) in [6.45, 7) is 0. The van der Waals surface area contributed by atoms with Gasteiger partial charge in [0.05, 0.1) is 19.2 Å². The second-order valence-corrected chi connectivity index (χ2v) is 3.60. The molecule has 1 aromatic carbocycles. The smallest absolute Gasteiger partial charge is 0.228 e. The van der Waals surface area contributed by atoms with Crippen LogP contribution < -0.4 is 10.1 Å². The van der Waals surface area contributed by atoms with Crippen molar-refractivity contribution >= 4 is 22.5 Å². The number of carbonyl (C=O) groups excluding carboxylic acids is 1. The number of anilines is 1. The molecule has 0 aliphatic carbocycles. The third kappa shape index (κ3) is 1.05. The van der Waals surface area contributed by atoms with Crippen molar-refractivity contribution in [3.05, 3.63) is 23.9 Å². The third-order valence-electron chi connectivity index (χ3n) is 2.73. The van der Waals surface area contributed by atoms with E-state index in [1.54, 1.807) is 7.11 Å². The van der Waals surface area contributed by atoms with Crippen LogP contribution in [0.25, 0.3) is 10.9 Å². The molecule has 4 heteroatoms. The molecular formula is C11H10N2O2. The van der Waals surface area contributed by atoms with E-state index in [1.165, 1.54) is 0 Å². The Kier molecular flexibility index (Phi) is 1.54. The van der Waals surface area contributed by atoms with Gasteiger partial charge in [0.15, 0.2) is 0 Å². The van der Waals surface area contributed by atoms with Crippen LogP contribution in [0.15, 0.2) is 18.3 Å². The lowest BCUT2D eigenvalue weighted by atomic mass is 10.0. The summed E-state index contributed by atoms with van der Waals surface area (Å²) in [7, 11) is 1.60. The summed E-state index contributed by atoms with van der Waals surface area (Å²) in [5.41, 5.74) is 2.84. The minimum Gasteiger partial charge on any atom is -0.495 e. The predicted octanol–water partition coefficient (Wildman–Crippen LogP) is 1.67. The highest BCUT2D eigenvalue weighted by atomic mass is 16.5. The molecule has 1 aliphatic rings. The molecule has 0 unspecified atom stereocenters. The minimum absolute atomic E-state index is 0.00731. The van der Waals surface area contributed by atoms with Gasteiger partial charge in [0.25, 0.3) is 0 Å². The van der Waals surface area contributed by atoms with E-state index in [1.807, 2.05) is 18.3 Å². The van der Waals surface area contributed by atoms with Crippen LogP contribution in [0.4, 0.5) is 5.69 Å². The van der Waals surface area contributed by atoms with Crippen LogP contribution in [0.3, 0.4) is 0 Å². The van der Waals surface area contributed by atoms with Crippen molar-refractivity contribution in [1.29, 1.82) is 0 Å². The standard InChI is InChI=1S/C11H10N2O2/c1-15-8-3-2-7-10-6(5-12-7)4-9(14)13-11(8)10/h2-3,5,12H,4H2,1H3,(H,13,14). The first-order valence-electron chi connectivity index (χ1n) is 4.76. The molecule has 0 fully saturated rings.